The molecular weight excluding hydrogens is 263 g/mol. The Morgan fingerprint density at radius 1 is 1.32 bits per heavy atom. The quantitative estimate of drug-likeness (QED) is 0.693. The third kappa shape index (κ3) is 1.71. The highest BCUT2D eigenvalue weighted by molar-refractivity contribution is 7.71. The number of aryl methyl sites for hydroxylation is 3. The molecule has 0 bridgehead atoms. The molecule has 19 heavy (non-hydrogen) atoms. The first-order valence-corrected chi connectivity index (χ1v) is 6.30. The van der Waals surface area contributed by atoms with E-state index in [-0.39, 0.29) is 5.82 Å². The van der Waals surface area contributed by atoms with Gasteiger partial charge in [0.05, 0.1) is 11.4 Å². The molecule has 0 atom stereocenters. The highest BCUT2D eigenvalue weighted by Gasteiger charge is 2.15. The van der Waals surface area contributed by atoms with E-state index in [4.69, 9.17) is 12.2 Å². The van der Waals surface area contributed by atoms with E-state index in [0.717, 1.165) is 28.1 Å². The van der Waals surface area contributed by atoms with E-state index in [1.807, 2.05) is 25.5 Å². The zero-order chi connectivity index (χ0) is 13.7. The van der Waals surface area contributed by atoms with Crippen molar-refractivity contribution in [3.8, 4) is 5.69 Å². The van der Waals surface area contributed by atoms with E-state index in [1.54, 1.807) is 10.7 Å². The number of halogens is 1. The third-order valence-corrected chi connectivity index (χ3v) is 3.54. The molecule has 1 aromatic carbocycles. The lowest BCUT2D eigenvalue weighted by atomic mass is 10.2. The molecule has 4 nitrogen and oxygen atoms in total. The Labute approximate surface area is 114 Å². The summed E-state index contributed by atoms with van der Waals surface area (Å²) >= 11 is 5.35. The number of hydrogen-bond donors (Lipinski definition) is 1. The molecule has 0 radical (unpaired) electrons. The number of H-pyrrole nitrogens is 1. The van der Waals surface area contributed by atoms with Crippen molar-refractivity contribution in [3.63, 3.8) is 0 Å². The minimum Gasteiger partial charge on any atom is -0.327 e. The van der Waals surface area contributed by atoms with Crippen LogP contribution >= 0.6 is 12.2 Å². The van der Waals surface area contributed by atoms with Crippen LogP contribution in [0.3, 0.4) is 0 Å². The maximum Gasteiger partial charge on any atom is 0.184 e. The number of imidazole rings is 1. The van der Waals surface area contributed by atoms with Crippen LogP contribution in [-0.4, -0.2) is 19.3 Å². The van der Waals surface area contributed by atoms with Crippen molar-refractivity contribution < 1.29 is 4.39 Å². The van der Waals surface area contributed by atoms with Gasteiger partial charge in [-0.05, 0) is 43.8 Å². The molecule has 2 heterocycles. The van der Waals surface area contributed by atoms with Gasteiger partial charge in [-0.15, -0.1) is 0 Å². The Balaban J connectivity index is 2.45. The molecule has 2 aromatic heterocycles. The predicted octanol–water partition coefficient (Wildman–Crippen LogP) is 3.18. The van der Waals surface area contributed by atoms with Gasteiger partial charge in [-0.1, -0.05) is 6.07 Å². The summed E-state index contributed by atoms with van der Waals surface area (Å²) < 4.78 is 17.6. The molecular formula is C13H13FN4S. The first kappa shape index (κ1) is 12.1. The van der Waals surface area contributed by atoms with Gasteiger partial charge >= 0.3 is 0 Å². The number of hydrogen-bond acceptors (Lipinski definition) is 2. The summed E-state index contributed by atoms with van der Waals surface area (Å²) in [4.78, 5) is 3.13. The van der Waals surface area contributed by atoms with Gasteiger partial charge < -0.3 is 4.98 Å². The number of fused-ring (bicyclic) bond motifs is 1. The summed E-state index contributed by atoms with van der Waals surface area (Å²) in [6, 6.07) is 4.68. The van der Waals surface area contributed by atoms with Gasteiger partial charge in [0.25, 0.3) is 0 Å². The minimum absolute atomic E-state index is 0.282. The van der Waals surface area contributed by atoms with Crippen LogP contribution in [0.25, 0.3) is 16.9 Å². The van der Waals surface area contributed by atoms with Crippen LogP contribution in [0, 0.1) is 24.4 Å². The normalized spacial score (nSPS) is 11.4. The van der Waals surface area contributed by atoms with E-state index in [1.165, 1.54) is 12.1 Å². The van der Waals surface area contributed by atoms with Gasteiger partial charge in [0.1, 0.15) is 11.3 Å². The number of nitrogens with one attached hydrogen (secondary N) is 1. The number of aromatic nitrogens is 4. The van der Waals surface area contributed by atoms with E-state index >= 15 is 0 Å². The average Bonchev–Trinajstić information content (AvgIpc) is 2.81. The van der Waals surface area contributed by atoms with Crippen molar-refractivity contribution in [1.29, 1.82) is 0 Å². The summed E-state index contributed by atoms with van der Waals surface area (Å²) in [5.74, 6) is -0.282. The second kappa shape index (κ2) is 4.03. The summed E-state index contributed by atoms with van der Waals surface area (Å²) in [6.45, 7) is 3.84. The molecule has 0 saturated carbocycles. The molecule has 98 valence electrons. The number of rotatable bonds is 1. The molecule has 0 aliphatic carbocycles. The fourth-order valence-corrected chi connectivity index (χ4v) is 2.64. The summed E-state index contributed by atoms with van der Waals surface area (Å²) in [5.41, 5.74) is 4.29. The number of benzene rings is 1. The third-order valence-electron chi connectivity index (χ3n) is 3.25. The SMILES string of the molecule is Cc1ccc(F)cc1-n1c(=S)[nH]c2c(C)nn(C)c21. The Kier molecular flexibility index (Phi) is 2.56. The van der Waals surface area contributed by atoms with Crippen molar-refractivity contribution in [2.45, 2.75) is 13.8 Å². The van der Waals surface area contributed by atoms with E-state index in [0.29, 0.717) is 4.77 Å². The Morgan fingerprint density at radius 2 is 2.05 bits per heavy atom. The largest absolute Gasteiger partial charge is 0.327 e. The molecule has 3 rings (SSSR count). The molecule has 0 unspecified atom stereocenters. The van der Waals surface area contributed by atoms with E-state index in [2.05, 4.69) is 10.1 Å². The maximum absolute atomic E-state index is 13.5. The molecule has 0 aliphatic heterocycles. The summed E-state index contributed by atoms with van der Waals surface area (Å²) in [5, 5.41) is 4.35. The molecule has 0 aliphatic rings. The van der Waals surface area contributed by atoms with E-state index in [9.17, 15) is 4.39 Å². The van der Waals surface area contributed by atoms with Crippen LogP contribution in [0.5, 0.6) is 0 Å². The van der Waals surface area contributed by atoms with Crippen LogP contribution in [0.1, 0.15) is 11.3 Å². The smallest absolute Gasteiger partial charge is 0.184 e. The topological polar surface area (TPSA) is 38.5 Å². The first-order valence-electron chi connectivity index (χ1n) is 5.90. The monoisotopic (exact) mass is 276 g/mol. The van der Waals surface area contributed by atoms with Gasteiger partial charge in [-0.3, -0.25) is 4.57 Å². The second-order valence-corrected chi connectivity index (χ2v) is 4.99. The molecule has 6 heteroatoms. The van der Waals surface area contributed by atoms with Crippen molar-refractivity contribution in [3.05, 3.63) is 40.0 Å². The lowest BCUT2D eigenvalue weighted by molar-refractivity contribution is 0.625. The molecule has 0 fully saturated rings. The average molecular weight is 276 g/mol. The van der Waals surface area contributed by atoms with Crippen LogP contribution in [0.2, 0.25) is 0 Å². The fraction of sp³-hybridized carbons (Fsp3) is 0.231. The Bertz CT molecular complexity index is 840. The zero-order valence-corrected chi connectivity index (χ0v) is 11.7. The van der Waals surface area contributed by atoms with Gasteiger partial charge in [0, 0.05) is 7.05 Å². The van der Waals surface area contributed by atoms with Gasteiger partial charge in [-0.25, -0.2) is 9.07 Å². The standard InChI is InChI=1S/C13H13FN4S/c1-7-4-5-9(14)6-10(7)18-12-11(15-13(18)19)8(2)16-17(12)3/h4-6H,1-3H3,(H,15,19). The molecule has 0 saturated heterocycles. The molecule has 3 aromatic rings. The van der Waals surface area contributed by atoms with Crippen molar-refractivity contribution in [2.75, 3.05) is 0 Å². The molecule has 1 N–H and O–H groups in total. The lowest BCUT2D eigenvalue weighted by Crippen LogP contribution is -2.03. The first-order chi connectivity index (χ1) is 8.99. The van der Waals surface area contributed by atoms with Crippen molar-refractivity contribution in [2.24, 2.45) is 7.05 Å². The highest BCUT2D eigenvalue weighted by Crippen LogP contribution is 2.24. The second-order valence-electron chi connectivity index (χ2n) is 4.60. The van der Waals surface area contributed by atoms with Crippen LogP contribution < -0.4 is 0 Å². The fourth-order valence-electron chi connectivity index (χ4n) is 2.35. The minimum atomic E-state index is -0.282. The van der Waals surface area contributed by atoms with Gasteiger partial charge in [0.15, 0.2) is 10.4 Å². The lowest BCUT2D eigenvalue weighted by Gasteiger charge is -2.08. The molecule has 0 amide bonds. The van der Waals surface area contributed by atoms with Gasteiger partial charge in [-0.2, -0.15) is 5.10 Å². The number of aromatic amines is 1. The van der Waals surface area contributed by atoms with Gasteiger partial charge in [0.2, 0.25) is 0 Å². The van der Waals surface area contributed by atoms with Crippen LogP contribution in [-0.2, 0) is 7.05 Å². The Hall–Kier alpha value is -1.95. The van der Waals surface area contributed by atoms with Crippen molar-refractivity contribution in [1.82, 2.24) is 19.3 Å². The summed E-state index contributed by atoms with van der Waals surface area (Å²) in [6.07, 6.45) is 0. The molecule has 0 spiro atoms. The predicted molar refractivity (Wildman–Crippen MR) is 74.7 cm³/mol. The Morgan fingerprint density at radius 3 is 2.79 bits per heavy atom. The van der Waals surface area contributed by atoms with E-state index < -0.39 is 0 Å². The highest BCUT2D eigenvalue weighted by atomic mass is 32.1. The van der Waals surface area contributed by atoms with Crippen LogP contribution in [0.15, 0.2) is 18.2 Å². The number of nitrogens with zero attached hydrogens (tertiary/aromatic N) is 3. The van der Waals surface area contributed by atoms with Crippen molar-refractivity contribution >= 4 is 23.4 Å². The van der Waals surface area contributed by atoms with Crippen LogP contribution in [0.4, 0.5) is 4.39 Å². The maximum atomic E-state index is 13.5. The summed E-state index contributed by atoms with van der Waals surface area (Å²) in [7, 11) is 1.85. The zero-order valence-electron chi connectivity index (χ0n) is 10.9.